The molecule has 0 bridgehead atoms. The number of unbranched alkanes of at least 4 members (excludes halogenated alkanes) is 1. The molecule has 0 unspecified atom stereocenters. The van der Waals surface area contributed by atoms with Crippen molar-refractivity contribution in [3.05, 3.63) is 60.8 Å². The monoisotopic (exact) mass is 388 g/mol. The molecule has 0 saturated carbocycles. The molecule has 0 atom stereocenters. The first-order chi connectivity index (χ1) is 14.3. The van der Waals surface area contributed by atoms with E-state index in [-0.39, 0.29) is 0 Å². The summed E-state index contributed by atoms with van der Waals surface area (Å²) in [6.07, 6.45) is 4.11. The van der Waals surface area contributed by atoms with E-state index in [0.29, 0.717) is 5.95 Å². The van der Waals surface area contributed by atoms with Gasteiger partial charge < -0.3 is 15.1 Å². The molecule has 6 heteroatoms. The van der Waals surface area contributed by atoms with Crippen LogP contribution in [-0.2, 0) is 0 Å². The fourth-order valence-electron chi connectivity index (χ4n) is 3.51. The van der Waals surface area contributed by atoms with Crippen molar-refractivity contribution in [3.8, 4) is 11.3 Å². The summed E-state index contributed by atoms with van der Waals surface area (Å²) >= 11 is 0. The van der Waals surface area contributed by atoms with Crippen LogP contribution in [0.25, 0.3) is 11.3 Å². The Morgan fingerprint density at radius 3 is 2.28 bits per heavy atom. The van der Waals surface area contributed by atoms with Gasteiger partial charge >= 0.3 is 0 Å². The summed E-state index contributed by atoms with van der Waals surface area (Å²) in [5.41, 5.74) is 2.07. The van der Waals surface area contributed by atoms with Gasteiger partial charge in [-0.25, -0.2) is 9.97 Å². The summed E-state index contributed by atoms with van der Waals surface area (Å²) < 4.78 is 0. The van der Waals surface area contributed by atoms with Crippen LogP contribution in [0.5, 0.6) is 0 Å². The number of nitrogens with one attached hydrogen (secondary N) is 1. The van der Waals surface area contributed by atoms with Crippen LogP contribution in [-0.4, -0.2) is 47.7 Å². The van der Waals surface area contributed by atoms with Crippen molar-refractivity contribution < 1.29 is 0 Å². The lowest BCUT2D eigenvalue weighted by atomic mass is 10.1. The third-order valence-electron chi connectivity index (χ3n) is 5.17. The molecule has 4 rings (SSSR count). The van der Waals surface area contributed by atoms with Gasteiger partial charge in [0.1, 0.15) is 11.6 Å². The molecule has 3 aromatic rings. The van der Waals surface area contributed by atoms with Crippen LogP contribution in [0.4, 0.5) is 17.6 Å². The third kappa shape index (κ3) is 4.83. The fourth-order valence-corrected chi connectivity index (χ4v) is 3.51. The number of pyridine rings is 1. The first-order valence-corrected chi connectivity index (χ1v) is 10.4. The van der Waals surface area contributed by atoms with Gasteiger partial charge in [0, 0.05) is 50.6 Å². The van der Waals surface area contributed by atoms with Crippen LogP contribution in [0.2, 0.25) is 0 Å². The summed E-state index contributed by atoms with van der Waals surface area (Å²) in [6, 6.07) is 18.5. The number of piperazine rings is 1. The quantitative estimate of drug-likeness (QED) is 0.616. The Bertz CT molecular complexity index is 892. The molecule has 150 valence electrons. The molecule has 0 radical (unpaired) electrons. The topological polar surface area (TPSA) is 57.2 Å². The average molecular weight is 389 g/mol. The number of aromatic nitrogens is 3. The number of hydrogen-bond acceptors (Lipinski definition) is 6. The summed E-state index contributed by atoms with van der Waals surface area (Å²) in [5.74, 6) is 2.74. The van der Waals surface area contributed by atoms with Gasteiger partial charge in [-0.05, 0) is 18.6 Å². The van der Waals surface area contributed by atoms with Crippen LogP contribution in [0, 0.1) is 0 Å². The molecule has 1 saturated heterocycles. The van der Waals surface area contributed by atoms with Crippen molar-refractivity contribution in [2.24, 2.45) is 0 Å². The fraction of sp³-hybridized carbons (Fsp3) is 0.348. The highest BCUT2D eigenvalue weighted by Crippen LogP contribution is 2.25. The van der Waals surface area contributed by atoms with Crippen molar-refractivity contribution in [2.75, 3.05) is 47.8 Å². The van der Waals surface area contributed by atoms with Crippen molar-refractivity contribution in [1.29, 1.82) is 0 Å². The van der Waals surface area contributed by atoms with E-state index in [2.05, 4.69) is 51.3 Å². The second kappa shape index (κ2) is 9.37. The van der Waals surface area contributed by atoms with Crippen LogP contribution in [0.1, 0.15) is 19.8 Å². The van der Waals surface area contributed by atoms with Crippen molar-refractivity contribution >= 4 is 17.6 Å². The minimum absolute atomic E-state index is 0.710. The minimum atomic E-state index is 0.710. The maximum absolute atomic E-state index is 4.82. The Kier molecular flexibility index (Phi) is 6.19. The molecule has 1 aromatic carbocycles. The van der Waals surface area contributed by atoms with Crippen molar-refractivity contribution in [2.45, 2.75) is 19.8 Å². The number of nitrogens with zero attached hydrogens (tertiary/aromatic N) is 5. The maximum atomic E-state index is 4.82. The highest BCUT2D eigenvalue weighted by molar-refractivity contribution is 5.65. The Labute approximate surface area is 172 Å². The number of anilines is 3. The smallest absolute Gasteiger partial charge is 0.225 e. The van der Waals surface area contributed by atoms with Gasteiger partial charge in [-0.3, -0.25) is 0 Å². The van der Waals surface area contributed by atoms with Gasteiger partial charge in [0.25, 0.3) is 0 Å². The zero-order valence-electron chi connectivity index (χ0n) is 17.0. The molecule has 1 aliphatic rings. The summed E-state index contributed by atoms with van der Waals surface area (Å²) in [7, 11) is 0. The molecule has 0 spiro atoms. The Hall–Kier alpha value is -3.15. The molecule has 1 N–H and O–H groups in total. The molecule has 6 nitrogen and oxygen atoms in total. The van der Waals surface area contributed by atoms with Gasteiger partial charge in [0.05, 0.1) is 5.69 Å². The van der Waals surface area contributed by atoms with E-state index in [0.717, 1.165) is 68.5 Å². The molecule has 0 aliphatic carbocycles. The summed E-state index contributed by atoms with van der Waals surface area (Å²) in [5, 5.41) is 3.40. The zero-order chi connectivity index (χ0) is 19.9. The first kappa shape index (κ1) is 19.2. The third-order valence-corrected chi connectivity index (χ3v) is 5.17. The van der Waals surface area contributed by atoms with E-state index in [9.17, 15) is 0 Å². The van der Waals surface area contributed by atoms with Crippen molar-refractivity contribution in [1.82, 2.24) is 15.0 Å². The molecule has 0 amide bonds. The van der Waals surface area contributed by atoms with E-state index in [1.165, 1.54) is 0 Å². The largest absolute Gasteiger partial charge is 0.354 e. The molecular formula is C23H28N6. The zero-order valence-corrected chi connectivity index (χ0v) is 17.0. The van der Waals surface area contributed by atoms with Gasteiger partial charge in [-0.2, -0.15) is 4.98 Å². The second-order valence-corrected chi connectivity index (χ2v) is 7.24. The van der Waals surface area contributed by atoms with Crippen LogP contribution >= 0.6 is 0 Å². The maximum Gasteiger partial charge on any atom is 0.225 e. The van der Waals surface area contributed by atoms with Gasteiger partial charge in [-0.1, -0.05) is 49.7 Å². The van der Waals surface area contributed by atoms with Crippen LogP contribution < -0.4 is 15.1 Å². The van der Waals surface area contributed by atoms with E-state index in [4.69, 9.17) is 9.97 Å². The summed E-state index contributed by atoms with van der Waals surface area (Å²) in [6.45, 7) is 6.77. The van der Waals surface area contributed by atoms with Crippen LogP contribution in [0.3, 0.4) is 0 Å². The number of benzene rings is 1. The highest BCUT2D eigenvalue weighted by atomic mass is 15.3. The average Bonchev–Trinajstić information content (AvgIpc) is 2.80. The lowest BCUT2D eigenvalue weighted by Gasteiger charge is -2.36. The molecule has 2 aromatic heterocycles. The lowest BCUT2D eigenvalue weighted by Crippen LogP contribution is -2.47. The Balaban J connectivity index is 1.53. The first-order valence-electron chi connectivity index (χ1n) is 10.4. The normalized spacial score (nSPS) is 14.1. The number of hydrogen-bond donors (Lipinski definition) is 1. The second-order valence-electron chi connectivity index (χ2n) is 7.24. The standard InChI is InChI=1S/C23H28N6/c1-2-3-12-25-23-26-20(19-9-5-4-6-10-19)18-22(27-23)29-16-14-28(15-17-29)21-11-7-8-13-24-21/h4-11,13,18H,2-3,12,14-17H2,1H3,(H,25,26,27). The van der Waals surface area contributed by atoms with Crippen molar-refractivity contribution in [3.63, 3.8) is 0 Å². The van der Waals surface area contributed by atoms with E-state index in [1.807, 2.05) is 36.5 Å². The molecule has 1 aliphatic heterocycles. The summed E-state index contributed by atoms with van der Waals surface area (Å²) in [4.78, 5) is 18.7. The number of rotatable bonds is 7. The minimum Gasteiger partial charge on any atom is -0.354 e. The van der Waals surface area contributed by atoms with Gasteiger partial charge in [-0.15, -0.1) is 0 Å². The lowest BCUT2D eigenvalue weighted by molar-refractivity contribution is 0.641. The molecule has 29 heavy (non-hydrogen) atoms. The molecule has 1 fully saturated rings. The Morgan fingerprint density at radius 2 is 1.59 bits per heavy atom. The van der Waals surface area contributed by atoms with Gasteiger partial charge in [0.2, 0.25) is 5.95 Å². The predicted octanol–water partition coefficient (Wildman–Crippen LogP) is 4.08. The predicted molar refractivity (Wildman–Crippen MR) is 120 cm³/mol. The van der Waals surface area contributed by atoms with Gasteiger partial charge in [0.15, 0.2) is 0 Å². The van der Waals surface area contributed by atoms with E-state index in [1.54, 1.807) is 0 Å². The van der Waals surface area contributed by atoms with Crippen LogP contribution in [0.15, 0.2) is 60.8 Å². The molecule has 3 heterocycles. The highest BCUT2D eigenvalue weighted by Gasteiger charge is 2.20. The SMILES string of the molecule is CCCCNc1nc(-c2ccccc2)cc(N2CCN(c3ccccn3)CC2)n1. The van der Waals surface area contributed by atoms with E-state index >= 15 is 0 Å². The Morgan fingerprint density at radius 1 is 0.862 bits per heavy atom. The molecular weight excluding hydrogens is 360 g/mol. The van der Waals surface area contributed by atoms with E-state index < -0.39 is 0 Å².